The number of carbonyl (C=O) groups excluding carboxylic acids is 2. The van der Waals surface area contributed by atoms with E-state index in [9.17, 15) is 14.7 Å². The van der Waals surface area contributed by atoms with Gasteiger partial charge in [-0.05, 0) is 19.1 Å². The summed E-state index contributed by atoms with van der Waals surface area (Å²) in [5.41, 5.74) is 1.42. The monoisotopic (exact) mass is 240 g/mol. The largest absolute Gasteiger partial charge is 0.467 e. The molecule has 1 heterocycles. The zero-order valence-electron chi connectivity index (χ0n) is 10.1. The number of amides is 1. The minimum Gasteiger partial charge on any atom is -0.467 e. The van der Waals surface area contributed by atoms with Gasteiger partial charge in [-0.2, -0.15) is 0 Å². The second-order valence-corrected chi connectivity index (χ2v) is 3.67. The van der Waals surface area contributed by atoms with Crippen molar-refractivity contribution in [2.24, 2.45) is 7.05 Å². The lowest BCUT2D eigenvalue weighted by Gasteiger charge is -2.10. The first-order valence-corrected chi connectivity index (χ1v) is 5.13. The number of rotatable bonds is 4. The smallest absolute Gasteiger partial charge is 0.336 e. The molecular weight excluding hydrogens is 224 g/mol. The molecule has 6 heteroatoms. The Morgan fingerprint density at radius 1 is 1.53 bits per heavy atom. The number of esters is 1. The fourth-order valence-electron chi connectivity index (χ4n) is 1.34. The Morgan fingerprint density at radius 3 is 2.65 bits per heavy atom. The molecule has 6 nitrogen and oxygen atoms in total. The second kappa shape index (κ2) is 5.49. The molecule has 0 fully saturated rings. The van der Waals surface area contributed by atoms with Crippen molar-refractivity contribution in [2.75, 3.05) is 13.7 Å². The van der Waals surface area contributed by atoms with Gasteiger partial charge in [0.2, 0.25) is 0 Å². The van der Waals surface area contributed by atoms with E-state index in [0.717, 1.165) is 5.69 Å². The van der Waals surface area contributed by atoms with E-state index in [1.54, 1.807) is 17.7 Å². The molecule has 1 amide bonds. The summed E-state index contributed by atoms with van der Waals surface area (Å²) in [5, 5.41) is 11.7. The maximum absolute atomic E-state index is 11.7. The molecule has 1 rings (SSSR count). The topological polar surface area (TPSA) is 80.6 Å². The number of hydrogen-bond acceptors (Lipinski definition) is 4. The van der Waals surface area contributed by atoms with E-state index >= 15 is 0 Å². The van der Waals surface area contributed by atoms with Gasteiger partial charge in [0.1, 0.15) is 5.69 Å². The number of aromatic nitrogens is 1. The molecule has 1 aromatic heterocycles. The Morgan fingerprint density at radius 2 is 2.18 bits per heavy atom. The van der Waals surface area contributed by atoms with E-state index < -0.39 is 12.1 Å². The molecule has 0 aliphatic heterocycles. The van der Waals surface area contributed by atoms with Crippen molar-refractivity contribution < 1.29 is 19.4 Å². The molecule has 0 saturated carbocycles. The summed E-state index contributed by atoms with van der Waals surface area (Å²) in [6, 6.07) is 3.49. The van der Waals surface area contributed by atoms with Crippen molar-refractivity contribution in [3.63, 3.8) is 0 Å². The second-order valence-electron chi connectivity index (χ2n) is 3.67. The Bertz CT molecular complexity index is 425. The molecule has 0 aliphatic carbocycles. The maximum atomic E-state index is 11.7. The first-order chi connectivity index (χ1) is 7.97. The number of aliphatic hydroxyl groups is 1. The molecule has 1 atom stereocenters. The number of aryl methyl sites for hydroxylation is 1. The van der Waals surface area contributed by atoms with Gasteiger partial charge in [-0.25, -0.2) is 4.79 Å². The van der Waals surface area contributed by atoms with Crippen LogP contribution in [-0.2, 0) is 16.6 Å². The zero-order valence-corrected chi connectivity index (χ0v) is 10.1. The van der Waals surface area contributed by atoms with E-state index in [0.29, 0.717) is 5.69 Å². The van der Waals surface area contributed by atoms with Crippen molar-refractivity contribution in [3.05, 3.63) is 23.5 Å². The van der Waals surface area contributed by atoms with E-state index in [-0.39, 0.29) is 12.5 Å². The first kappa shape index (κ1) is 13.2. The minimum absolute atomic E-state index is 0.171. The van der Waals surface area contributed by atoms with Crippen molar-refractivity contribution in [1.82, 2.24) is 9.88 Å². The van der Waals surface area contributed by atoms with Crippen molar-refractivity contribution in [3.8, 4) is 0 Å². The van der Waals surface area contributed by atoms with Gasteiger partial charge < -0.3 is 19.7 Å². The van der Waals surface area contributed by atoms with Gasteiger partial charge in [0.15, 0.2) is 6.10 Å². The molecule has 0 saturated heterocycles. The lowest BCUT2D eigenvalue weighted by molar-refractivity contribution is -0.149. The van der Waals surface area contributed by atoms with Crippen LogP contribution in [0.3, 0.4) is 0 Å². The highest BCUT2D eigenvalue weighted by molar-refractivity contribution is 5.93. The molecule has 0 bridgehead atoms. The summed E-state index contributed by atoms with van der Waals surface area (Å²) in [6.45, 7) is 1.70. The number of nitrogens with one attached hydrogen (secondary N) is 1. The number of carbonyl (C=O) groups is 2. The summed E-state index contributed by atoms with van der Waals surface area (Å²) in [4.78, 5) is 22.6. The van der Waals surface area contributed by atoms with Crippen LogP contribution in [0.4, 0.5) is 0 Å². The van der Waals surface area contributed by atoms with E-state index in [1.807, 2.05) is 13.0 Å². The summed E-state index contributed by atoms with van der Waals surface area (Å²) in [6.07, 6.45) is -1.34. The van der Waals surface area contributed by atoms with Crippen LogP contribution in [0.15, 0.2) is 12.1 Å². The van der Waals surface area contributed by atoms with Crippen LogP contribution in [0.1, 0.15) is 16.2 Å². The van der Waals surface area contributed by atoms with Gasteiger partial charge in [-0.15, -0.1) is 0 Å². The highest BCUT2D eigenvalue weighted by atomic mass is 16.5. The highest BCUT2D eigenvalue weighted by Crippen LogP contribution is 2.05. The van der Waals surface area contributed by atoms with E-state index in [1.165, 1.54) is 7.11 Å². The van der Waals surface area contributed by atoms with E-state index in [2.05, 4.69) is 10.1 Å². The number of nitrogens with zero attached hydrogens (tertiary/aromatic N) is 1. The number of aliphatic hydroxyl groups excluding tert-OH is 1. The third kappa shape index (κ3) is 3.07. The van der Waals surface area contributed by atoms with Crippen LogP contribution in [0.5, 0.6) is 0 Å². The van der Waals surface area contributed by atoms with Gasteiger partial charge in [0, 0.05) is 12.7 Å². The molecule has 17 heavy (non-hydrogen) atoms. The molecule has 0 aliphatic rings. The predicted molar refractivity (Wildman–Crippen MR) is 60.5 cm³/mol. The Balaban J connectivity index is 2.56. The Kier molecular flexibility index (Phi) is 4.28. The molecule has 0 radical (unpaired) electrons. The number of hydrogen-bond donors (Lipinski definition) is 2. The third-order valence-electron chi connectivity index (χ3n) is 2.53. The summed E-state index contributed by atoms with van der Waals surface area (Å²) >= 11 is 0. The molecular formula is C11H16N2O4. The predicted octanol–water partition coefficient (Wildman–Crippen LogP) is -0.403. The third-order valence-corrected chi connectivity index (χ3v) is 2.53. The zero-order chi connectivity index (χ0) is 13.0. The van der Waals surface area contributed by atoms with Crippen molar-refractivity contribution in [2.45, 2.75) is 13.0 Å². The average molecular weight is 240 g/mol. The molecule has 94 valence electrons. The Hall–Kier alpha value is -1.82. The molecule has 1 unspecified atom stereocenters. The van der Waals surface area contributed by atoms with Gasteiger partial charge in [-0.1, -0.05) is 0 Å². The van der Waals surface area contributed by atoms with Gasteiger partial charge in [0.05, 0.1) is 13.7 Å². The molecule has 1 aromatic rings. The average Bonchev–Trinajstić information content (AvgIpc) is 2.65. The van der Waals surface area contributed by atoms with E-state index in [4.69, 9.17) is 0 Å². The number of methoxy groups -OCH3 is 1. The first-order valence-electron chi connectivity index (χ1n) is 5.13. The van der Waals surface area contributed by atoms with Crippen LogP contribution in [0.2, 0.25) is 0 Å². The quantitative estimate of drug-likeness (QED) is 0.702. The lowest BCUT2D eigenvalue weighted by Crippen LogP contribution is -2.37. The highest BCUT2D eigenvalue weighted by Gasteiger charge is 2.17. The fourth-order valence-corrected chi connectivity index (χ4v) is 1.34. The Labute approximate surface area is 99.2 Å². The van der Waals surface area contributed by atoms with Crippen LogP contribution >= 0.6 is 0 Å². The maximum Gasteiger partial charge on any atom is 0.336 e. The summed E-state index contributed by atoms with van der Waals surface area (Å²) < 4.78 is 6.05. The van der Waals surface area contributed by atoms with Gasteiger partial charge in [0.25, 0.3) is 5.91 Å². The van der Waals surface area contributed by atoms with Crippen LogP contribution in [0, 0.1) is 6.92 Å². The van der Waals surface area contributed by atoms with Crippen LogP contribution < -0.4 is 5.32 Å². The van der Waals surface area contributed by atoms with Crippen LogP contribution in [0.25, 0.3) is 0 Å². The summed E-state index contributed by atoms with van der Waals surface area (Å²) in [5.74, 6) is -1.11. The fraction of sp³-hybridized carbons (Fsp3) is 0.455. The van der Waals surface area contributed by atoms with Crippen molar-refractivity contribution in [1.29, 1.82) is 0 Å². The lowest BCUT2D eigenvalue weighted by atomic mass is 10.3. The van der Waals surface area contributed by atoms with Gasteiger partial charge in [-0.3, -0.25) is 4.79 Å². The SMILES string of the molecule is COC(=O)C(O)CNC(=O)c1ccc(C)n1C. The van der Waals surface area contributed by atoms with Crippen molar-refractivity contribution >= 4 is 11.9 Å². The molecule has 2 N–H and O–H groups in total. The minimum atomic E-state index is -1.34. The molecule has 0 spiro atoms. The van der Waals surface area contributed by atoms with Gasteiger partial charge >= 0.3 is 5.97 Å². The normalized spacial score (nSPS) is 12.0. The standard InChI is InChI=1S/C11H16N2O4/c1-7-4-5-8(13(7)2)10(15)12-6-9(14)11(16)17-3/h4-5,9,14H,6H2,1-3H3,(H,12,15). The molecule has 0 aromatic carbocycles. The number of ether oxygens (including phenoxy) is 1. The summed E-state index contributed by atoms with van der Waals surface area (Å²) in [7, 11) is 2.94. The van der Waals surface area contributed by atoms with Crippen LogP contribution in [-0.4, -0.2) is 41.3 Å².